The summed E-state index contributed by atoms with van der Waals surface area (Å²) in [5, 5.41) is 19.0. The molecule has 7 nitrogen and oxygen atoms in total. The molecule has 4 aromatic rings. The van der Waals surface area contributed by atoms with Crippen LogP contribution in [0, 0.1) is 0 Å². The van der Waals surface area contributed by atoms with Crippen LogP contribution in [0.1, 0.15) is 33.0 Å². The highest BCUT2D eigenvalue weighted by molar-refractivity contribution is 6.04. The molecule has 0 spiro atoms. The lowest BCUT2D eigenvalue weighted by atomic mass is 10.0. The van der Waals surface area contributed by atoms with Crippen molar-refractivity contribution in [2.45, 2.75) is 39.7 Å². The number of anilines is 1. The zero-order valence-corrected chi connectivity index (χ0v) is 15.7. The van der Waals surface area contributed by atoms with Crippen LogP contribution in [0.3, 0.4) is 0 Å². The third-order valence-electron chi connectivity index (χ3n) is 4.40. The van der Waals surface area contributed by atoms with Crippen molar-refractivity contribution in [2.24, 2.45) is 0 Å². The number of nitrogens with zero attached hydrogens (tertiary/aromatic N) is 4. The van der Waals surface area contributed by atoms with Gasteiger partial charge in [-0.25, -0.2) is 4.98 Å². The molecule has 0 saturated heterocycles. The van der Waals surface area contributed by atoms with E-state index in [0.717, 1.165) is 51.9 Å². The molecule has 0 fully saturated rings. The Labute approximate surface area is 157 Å². The molecule has 0 unspecified atom stereocenters. The molecule has 0 amide bonds. The van der Waals surface area contributed by atoms with Gasteiger partial charge in [0.15, 0.2) is 5.82 Å². The summed E-state index contributed by atoms with van der Waals surface area (Å²) < 4.78 is 0. The minimum Gasteiger partial charge on any atom is -0.382 e. The summed E-state index contributed by atoms with van der Waals surface area (Å²) in [5.74, 6) is 1.57. The first-order valence-electron chi connectivity index (χ1n) is 9.26. The Morgan fingerprint density at radius 1 is 1.15 bits per heavy atom. The Morgan fingerprint density at radius 3 is 2.78 bits per heavy atom. The van der Waals surface area contributed by atoms with E-state index in [1.165, 1.54) is 0 Å². The normalized spacial score (nSPS) is 11.4. The van der Waals surface area contributed by atoms with Crippen molar-refractivity contribution in [3.63, 3.8) is 0 Å². The number of aromatic nitrogens is 6. The Hall–Kier alpha value is -3.22. The molecule has 0 aliphatic heterocycles. The largest absolute Gasteiger partial charge is 0.382 e. The third-order valence-corrected chi connectivity index (χ3v) is 4.40. The maximum atomic E-state index is 4.76. The number of benzene rings is 1. The van der Waals surface area contributed by atoms with Crippen molar-refractivity contribution in [1.29, 1.82) is 0 Å². The fourth-order valence-corrected chi connectivity index (χ4v) is 3.23. The van der Waals surface area contributed by atoms with Gasteiger partial charge in [0.25, 0.3) is 0 Å². The van der Waals surface area contributed by atoms with Gasteiger partial charge in [-0.1, -0.05) is 25.1 Å². The lowest BCUT2D eigenvalue weighted by molar-refractivity contribution is 0.841. The summed E-state index contributed by atoms with van der Waals surface area (Å²) in [7, 11) is 0. The molecule has 3 aromatic heterocycles. The maximum Gasteiger partial charge on any atom is 0.184 e. The van der Waals surface area contributed by atoms with Gasteiger partial charge in [0, 0.05) is 41.4 Å². The number of aromatic amines is 2. The standard InChI is InChI=1S/C20H23N7/c1-4-6-17-25-20(27-26-17)16-11-21-18-14(13-9-22-23-10-13)7-5-8-15(18)19(16)24-12(2)3/h5,7-12H,4,6H2,1-3H3,(H,21,24)(H,22,23)(H,25,26,27). The Morgan fingerprint density at radius 2 is 2.04 bits per heavy atom. The number of rotatable bonds is 6. The molecule has 27 heavy (non-hydrogen) atoms. The lowest BCUT2D eigenvalue weighted by Gasteiger charge is -2.17. The molecule has 0 aliphatic rings. The SMILES string of the molecule is CCCc1nc(-c2cnc3c(-c4cn[nH]c4)cccc3c2NC(C)C)n[nH]1. The van der Waals surface area contributed by atoms with Gasteiger partial charge in [0.05, 0.1) is 23.0 Å². The fourth-order valence-electron chi connectivity index (χ4n) is 3.23. The Bertz CT molecular complexity index is 1050. The first kappa shape index (κ1) is 17.2. The van der Waals surface area contributed by atoms with Crippen LogP contribution >= 0.6 is 0 Å². The second-order valence-corrected chi connectivity index (χ2v) is 6.89. The molecule has 0 bridgehead atoms. The summed E-state index contributed by atoms with van der Waals surface area (Å²) in [6.07, 6.45) is 7.45. The second-order valence-electron chi connectivity index (χ2n) is 6.89. The van der Waals surface area contributed by atoms with Crippen LogP contribution in [0.4, 0.5) is 5.69 Å². The van der Waals surface area contributed by atoms with Crippen LogP contribution in [0.2, 0.25) is 0 Å². The van der Waals surface area contributed by atoms with E-state index < -0.39 is 0 Å². The summed E-state index contributed by atoms with van der Waals surface area (Å²) in [6, 6.07) is 6.45. The minimum absolute atomic E-state index is 0.265. The van der Waals surface area contributed by atoms with E-state index in [1.54, 1.807) is 0 Å². The van der Waals surface area contributed by atoms with Crippen LogP contribution in [-0.2, 0) is 6.42 Å². The predicted molar refractivity (Wildman–Crippen MR) is 107 cm³/mol. The zero-order valence-electron chi connectivity index (χ0n) is 15.7. The highest BCUT2D eigenvalue weighted by atomic mass is 15.2. The first-order valence-corrected chi connectivity index (χ1v) is 9.26. The van der Waals surface area contributed by atoms with Gasteiger partial charge in [-0.15, -0.1) is 0 Å². The molecule has 4 rings (SSSR count). The van der Waals surface area contributed by atoms with Gasteiger partial charge >= 0.3 is 0 Å². The minimum atomic E-state index is 0.265. The van der Waals surface area contributed by atoms with Crippen molar-refractivity contribution in [3.05, 3.63) is 42.6 Å². The van der Waals surface area contributed by atoms with E-state index in [1.807, 2.05) is 24.7 Å². The quantitative estimate of drug-likeness (QED) is 0.479. The van der Waals surface area contributed by atoms with E-state index in [9.17, 15) is 0 Å². The predicted octanol–water partition coefficient (Wildman–Crippen LogP) is 4.18. The third kappa shape index (κ3) is 3.28. The molecule has 7 heteroatoms. The van der Waals surface area contributed by atoms with Crippen molar-refractivity contribution in [1.82, 2.24) is 30.4 Å². The number of fused-ring (bicyclic) bond motifs is 1. The van der Waals surface area contributed by atoms with Crippen LogP contribution in [0.25, 0.3) is 33.4 Å². The van der Waals surface area contributed by atoms with Gasteiger partial charge in [-0.3, -0.25) is 15.2 Å². The lowest BCUT2D eigenvalue weighted by Crippen LogP contribution is -2.11. The number of para-hydroxylation sites is 1. The molecule has 3 heterocycles. The van der Waals surface area contributed by atoms with Crippen molar-refractivity contribution >= 4 is 16.6 Å². The van der Waals surface area contributed by atoms with Crippen molar-refractivity contribution in [2.75, 3.05) is 5.32 Å². The average Bonchev–Trinajstić information content (AvgIpc) is 3.33. The Balaban J connectivity index is 1.91. The Kier molecular flexibility index (Phi) is 4.58. The summed E-state index contributed by atoms with van der Waals surface area (Å²) >= 11 is 0. The van der Waals surface area contributed by atoms with Gasteiger partial charge in [-0.2, -0.15) is 10.2 Å². The molecule has 3 N–H and O–H groups in total. The van der Waals surface area contributed by atoms with Gasteiger partial charge in [-0.05, 0) is 20.3 Å². The number of aryl methyl sites for hydroxylation is 1. The van der Waals surface area contributed by atoms with Crippen LogP contribution in [0.5, 0.6) is 0 Å². The molecular formula is C20H23N7. The monoisotopic (exact) mass is 361 g/mol. The molecule has 1 aromatic carbocycles. The first-order chi connectivity index (χ1) is 13.2. The number of hydrogen-bond donors (Lipinski definition) is 3. The van der Waals surface area contributed by atoms with Crippen molar-refractivity contribution < 1.29 is 0 Å². The average molecular weight is 361 g/mol. The molecule has 0 aliphatic carbocycles. The van der Waals surface area contributed by atoms with Gasteiger partial charge < -0.3 is 5.32 Å². The van der Waals surface area contributed by atoms with Gasteiger partial charge in [0.2, 0.25) is 0 Å². The highest BCUT2D eigenvalue weighted by Crippen LogP contribution is 2.36. The number of nitrogens with one attached hydrogen (secondary N) is 3. The number of pyridine rings is 1. The van der Waals surface area contributed by atoms with E-state index >= 15 is 0 Å². The van der Waals surface area contributed by atoms with Crippen LogP contribution in [0.15, 0.2) is 36.8 Å². The molecule has 0 radical (unpaired) electrons. The molecular weight excluding hydrogens is 338 g/mol. The summed E-state index contributed by atoms with van der Waals surface area (Å²) in [4.78, 5) is 9.42. The number of hydrogen-bond acceptors (Lipinski definition) is 5. The van der Waals surface area contributed by atoms with Crippen molar-refractivity contribution in [3.8, 4) is 22.5 Å². The van der Waals surface area contributed by atoms with Crippen LogP contribution < -0.4 is 5.32 Å². The summed E-state index contributed by atoms with van der Waals surface area (Å²) in [5.41, 5.74) is 4.89. The maximum absolute atomic E-state index is 4.76. The summed E-state index contributed by atoms with van der Waals surface area (Å²) in [6.45, 7) is 6.37. The van der Waals surface area contributed by atoms with E-state index in [2.05, 4.69) is 63.6 Å². The molecule has 138 valence electrons. The van der Waals surface area contributed by atoms with E-state index in [0.29, 0.717) is 5.82 Å². The van der Waals surface area contributed by atoms with E-state index in [-0.39, 0.29) is 6.04 Å². The van der Waals surface area contributed by atoms with Crippen LogP contribution in [-0.4, -0.2) is 36.4 Å². The fraction of sp³-hybridized carbons (Fsp3) is 0.300. The topological polar surface area (TPSA) is 95.2 Å². The van der Waals surface area contributed by atoms with E-state index in [4.69, 9.17) is 4.98 Å². The second kappa shape index (κ2) is 7.19. The molecule has 0 saturated carbocycles. The highest BCUT2D eigenvalue weighted by Gasteiger charge is 2.17. The smallest absolute Gasteiger partial charge is 0.184 e. The zero-order chi connectivity index (χ0) is 18.8. The number of H-pyrrole nitrogens is 2. The van der Waals surface area contributed by atoms with Gasteiger partial charge in [0.1, 0.15) is 5.82 Å². The molecule has 0 atom stereocenters.